The van der Waals surface area contributed by atoms with Crippen LogP contribution in [-0.2, 0) is 0 Å². The number of nitrogens with zero attached hydrogens (tertiary/aromatic N) is 4. The number of ether oxygens (including phenoxy) is 1. The topological polar surface area (TPSA) is 101 Å². The summed E-state index contributed by atoms with van der Waals surface area (Å²) in [4.78, 5) is 15.5. The summed E-state index contributed by atoms with van der Waals surface area (Å²) in [6.07, 6.45) is 1.56. The normalized spacial score (nSPS) is 23.2. The molecule has 7 nitrogen and oxygen atoms in total. The van der Waals surface area contributed by atoms with E-state index in [9.17, 15) is 15.2 Å². The van der Waals surface area contributed by atoms with Crippen molar-refractivity contribution in [1.82, 2.24) is 9.80 Å². The Hall–Kier alpha value is -3.21. The van der Waals surface area contributed by atoms with Gasteiger partial charge in [-0.25, -0.2) is 4.79 Å². The smallest absolute Gasteiger partial charge is 0.407 e. The van der Waals surface area contributed by atoms with Crippen LogP contribution in [-0.4, -0.2) is 58.8 Å². The third-order valence-corrected chi connectivity index (χ3v) is 5.51. The fourth-order valence-corrected chi connectivity index (χ4v) is 4.24. The molecule has 2 aliphatic heterocycles. The third-order valence-electron chi connectivity index (χ3n) is 5.51. The van der Waals surface area contributed by atoms with E-state index in [4.69, 9.17) is 10.00 Å². The molecule has 1 amide bonds. The Morgan fingerprint density at radius 3 is 2.82 bits per heavy atom. The van der Waals surface area contributed by atoms with Crippen LogP contribution in [0.1, 0.15) is 37.3 Å². The molecule has 3 rings (SSSR count). The Balaban J connectivity index is 1.67. The molecule has 7 heteroatoms. The quantitative estimate of drug-likeness (QED) is 0.790. The van der Waals surface area contributed by atoms with Crippen LogP contribution in [0.25, 0.3) is 0 Å². The second kappa shape index (κ2) is 8.65. The molecule has 3 unspecified atom stereocenters. The van der Waals surface area contributed by atoms with Crippen molar-refractivity contribution in [2.75, 3.05) is 19.7 Å². The minimum atomic E-state index is -0.882. The summed E-state index contributed by atoms with van der Waals surface area (Å²) in [7, 11) is 0. The first-order chi connectivity index (χ1) is 13.6. The summed E-state index contributed by atoms with van der Waals surface area (Å²) in [5, 5.41) is 27.8. The van der Waals surface area contributed by atoms with Gasteiger partial charge in [0.25, 0.3) is 0 Å². The van der Waals surface area contributed by atoms with Gasteiger partial charge in [-0.1, -0.05) is 0 Å². The van der Waals surface area contributed by atoms with E-state index in [-0.39, 0.29) is 18.1 Å². The molecule has 2 bridgehead atoms. The molecule has 0 saturated carbocycles. The number of piperazine rings is 1. The highest BCUT2D eigenvalue weighted by Gasteiger charge is 2.47. The van der Waals surface area contributed by atoms with E-state index < -0.39 is 6.09 Å². The molecule has 0 aliphatic carbocycles. The molecule has 1 aromatic carbocycles. The van der Waals surface area contributed by atoms with E-state index >= 15 is 0 Å². The van der Waals surface area contributed by atoms with Gasteiger partial charge in [0.2, 0.25) is 0 Å². The molecule has 28 heavy (non-hydrogen) atoms. The lowest BCUT2D eigenvalue weighted by molar-refractivity contribution is 0.0166. The van der Waals surface area contributed by atoms with E-state index in [0.717, 1.165) is 12.8 Å². The van der Waals surface area contributed by atoms with Gasteiger partial charge in [-0.3, -0.25) is 4.90 Å². The number of fused-ring (bicyclic) bond motifs is 2. The summed E-state index contributed by atoms with van der Waals surface area (Å²) in [5.74, 6) is 6.37. The van der Waals surface area contributed by atoms with Gasteiger partial charge >= 0.3 is 6.09 Å². The van der Waals surface area contributed by atoms with Gasteiger partial charge in [0.1, 0.15) is 18.4 Å². The number of carboxylic acid groups (broad SMARTS) is 1. The lowest BCUT2D eigenvalue weighted by Crippen LogP contribution is -2.61. The van der Waals surface area contributed by atoms with Crippen molar-refractivity contribution in [3.05, 3.63) is 29.3 Å². The van der Waals surface area contributed by atoms with E-state index in [1.807, 2.05) is 6.07 Å². The molecular formula is C21H22N4O3. The second-order valence-electron chi connectivity index (χ2n) is 6.95. The number of amides is 1. The zero-order chi connectivity index (χ0) is 20.1. The molecule has 1 N–H and O–H groups in total. The summed E-state index contributed by atoms with van der Waals surface area (Å²) >= 11 is 0. The van der Waals surface area contributed by atoms with Crippen molar-refractivity contribution in [2.45, 2.75) is 44.3 Å². The minimum absolute atomic E-state index is 0.131. The first-order valence-electron chi connectivity index (χ1n) is 9.31. The number of hydrogen-bond acceptors (Lipinski definition) is 5. The van der Waals surface area contributed by atoms with Crippen molar-refractivity contribution in [3.63, 3.8) is 0 Å². The molecule has 0 spiro atoms. The first-order valence-corrected chi connectivity index (χ1v) is 9.31. The second-order valence-corrected chi connectivity index (χ2v) is 6.95. The average molecular weight is 378 g/mol. The molecule has 0 radical (unpaired) electrons. The Labute approximate surface area is 164 Å². The van der Waals surface area contributed by atoms with Crippen LogP contribution in [0.15, 0.2) is 18.2 Å². The number of rotatable bonds is 5. The maximum atomic E-state index is 11.7. The maximum absolute atomic E-state index is 11.7. The van der Waals surface area contributed by atoms with Crippen LogP contribution in [0.4, 0.5) is 4.79 Å². The van der Waals surface area contributed by atoms with Crippen LogP contribution in [0.5, 0.6) is 5.75 Å². The number of carbonyl (C=O) groups is 1. The summed E-state index contributed by atoms with van der Waals surface area (Å²) in [6.45, 7) is 3.31. The highest BCUT2D eigenvalue weighted by atomic mass is 16.5. The molecule has 1 aromatic rings. The monoisotopic (exact) mass is 378 g/mol. The molecule has 2 heterocycles. The lowest BCUT2D eigenvalue weighted by Gasteiger charge is -2.45. The van der Waals surface area contributed by atoms with Crippen molar-refractivity contribution >= 4 is 6.09 Å². The Bertz CT molecular complexity index is 890. The predicted octanol–water partition coefficient (Wildman–Crippen LogP) is 2.42. The van der Waals surface area contributed by atoms with Gasteiger partial charge in [-0.2, -0.15) is 10.5 Å². The Morgan fingerprint density at radius 2 is 2.14 bits per heavy atom. The van der Waals surface area contributed by atoms with Crippen LogP contribution in [0.2, 0.25) is 0 Å². The fourth-order valence-electron chi connectivity index (χ4n) is 4.24. The van der Waals surface area contributed by atoms with Gasteiger partial charge in [-0.05, 0) is 38.0 Å². The van der Waals surface area contributed by atoms with E-state index in [0.29, 0.717) is 43.0 Å². The number of nitriles is 2. The molecule has 2 fully saturated rings. The van der Waals surface area contributed by atoms with Gasteiger partial charge in [0.15, 0.2) is 0 Å². The van der Waals surface area contributed by atoms with E-state index in [1.54, 1.807) is 24.0 Å². The number of likely N-dealkylation sites (tertiary alicyclic amines) is 1. The van der Waals surface area contributed by atoms with Gasteiger partial charge < -0.3 is 14.7 Å². The van der Waals surface area contributed by atoms with E-state index in [1.165, 1.54) is 6.07 Å². The zero-order valence-corrected chi connectivity index (χ0v) is 15.8. The highest BCUT2D eigenvalue weighted by Crippen LogP contribution is 2.35. The average Bonchev–Trinajstić information content (AvgIpc) is 2.99. The number of hydrogen-bond donors (Lipinski definition) is 1. The summed E-state index contributed by atoms with van der Waals surface area (Å²) in [6, 6.07) is 9.06. The Kier molecular flexibility index (Phi) is 6.04. The molecule has 0 aromatic heterocycles. The van der Waals surface area contributed by atoms with Crippen molar-refractivity contribution in [1.29, 1.82) is 10.5 Å². The largest absolute Gasteiger partial charge is 0.491 e. The third kappa shape index (κ3) is 3.88. The molecule has 3 atom stereocenters. The van der Waals surface area contributed by atoms with Crippen molar-refractivity contribution in [2.24, 2.45) is 0 Å². The molecular weight excluding hydrogens is 356 g/mol. The van der Waals surface area contributed by atoms with Crippen LogP contribution in [0.3, 0.4) is 0 Å². The van der Waals surface area contributed by atoms with Crippen LogP contribution >= 0.6 is 0 Å². The maximum Gasteiger partial charge on any atom is 0.407 e. The van der Waals surface area contributed by atoms with Gasteiger partial charge in [0, 0.05) is 31.6 Å². The summed E-state index contributed by atoms with van der Waals surface area (Å²) in [5.41, 5.74) is 0.764. The summed E-state index contributed by atoms with van der Waals surface area (Å²) < 4.78 is 5.81. The fraction of sp³-hybridized carbons (Fsp3) is 0.476. The minimum Gasteiger partial charge on any atom is -0.491 e. The first kappa shape index (κ1) is 19.5. The van der Waals surface area contributed by atoms with Gasteiger partial charge in [0.05, 0.1) is 23.2 Å². The van der Waals surface area contributed by atoms with Crippen molar-refractivity contribution in [3.8, 4) is 29.7 Å². The van der Waals surface area contributed by atoms with Crippen LogP contribution < -0.4 is 4.74 Å². The molecule has 2 saturated heterocycles. The Morgan fingerprint density at radius 1 is 1.32 bits per heavy atom. The standard InChI is InChI=1S/C21H22N4O3/c1-2-3-4-18-19-7-6-17(14-25(18)21(26)27)24(19)9-10-28-20-8-5-15(12-22)11-16(20)13-23/h5,8,11,17-19H,4,6-7,9-10,14H2,1H3,(H,26,27). The van der Waals surface area contributed by atoms with E-state index in [2.05, 4.69) is 22.8 Å². The highest BCUT2D eigenvalue weighted by molar-refractivity contribution is 5.66. The molecule has 144 valence electrons. The predicted molar refractivity (Wildman–Crippen MR) is 101 cm³/mol. The zero-order valence-electron chi connectivity index (χ0n) is 15.8. The SMILES string of the molecule is CC#CCC1C2CCC(CN1C(=O)O)N2CCOc1ccc(C#N)cc1C#N. The number of benzene rings is 1. The van der Waals surface area contributed by atoms with Crippen molar-refractivity contribution < 1.29 is 14.6 Å². The van der Waals surface area contributed by atoms with Gasteiger partial charge in [-0.15, -0.1) is 11.8 Å². The molecule has 2 aliphatic rings. The lowest BCUT2D eigenvalue weighted by atomic mass is 10.00. The van der Waals surface area contributed by atoms with Crippen LogP contribution in [0, 0.1) is 34.5 Å².